The van der Waals surface area contributed by atoms with Gasteiger partial charge < -0.3 is 9.73 Å². The van der Waals surface area contributed by atoms with E-state index in [2.05, 4.69) is 5.32 Å². The van der Waals surface area contributed by atoms with Crippen molar-refractivity contribution < 1.29 is 8.81 Å². The average molecular weight is 233 g/mol. The highest BCUT2D eigenvalue weighted by Crippen LogP contribution is 2.21. The van der Waals surface area contributed by atoms with Gasteiger partial charge in [-0.3, -0.25) is 0 Å². The molecule has 0 aliphatic carbocycles. The van der Waals surface area contributed by atoms with E-state index in [0.717, 1.165) is 24.1 Å². The van der Waals surface area contributed by atoms with E-state index >= 15 is 0 Å². The molecule has 2 nitrogen and oxygen atoms in total. The second kappa shape index (κ2) is 5.64. The number of nitrogens with one attached hydrogen (secondary N) is 1. The number of hydrogen-bond acceptors (Lipinski definition) is 2. The zero-order valence-electron chi connectivity index (χ0n) is 9.82. The summed E-state index contributed by atoms with van der Waals surface area (Å²) < 4.78 is 18.0. The molecule has 0 aliphatic rings. The first-order valence-electron chi connectivity index (χ1n) is 5.70. The lowest BCUT2D eigenvalue weighted by Gasteiger charge is -2.16. The summed E-state index contributed by atoms with van der Waals surface area (Å²) in [7, 11) is 1.92. The first-order valence-corrected chi connectivity index (χ1v) is 5.70. The first kappa shape index (κ1) is 11.9. The number of likely N-dealkylation sites (N-methyl/N-ethyl adjacent to an activating group) is 1. The van der Waals surface area contributed by atoms with Gasteiger partial charge in [0, 0.05) is 12.5 Å². The minimum absolute atomic E-state index is 0.194. The highest BCUT2D eigenvalue weighted by molar-refractivity contribution is 5.23. The Hall–Kier alpha value is -1.61. The zero-order chi connectivity index (χ0) is 12.1. The number of benzene rings is 1. The Bertz CT molecular complexity index is 436. The van der Waals surface area contributed by atoms with Crippen molar-refractivity contribution in [1.29, 1.82) is 0 Å². The van der Waals surface area contributed by atoms with Crippen LogP contribution in [0.4, 0.5) is 4.39 Å². The lowest BCUT2D eigenvalue weighted by Crippen LogP contribution is -2.19. The van der Waals surface area contributed by atoms with E-state index in [1.54, 1.807) is 12.5 Å². The molecule has 1 aromatic carbocycles. The van der Waals surface area contributed by atoms with Gasteiger partial charge in [0.25, 0.3) is 0 Å². The summed E-state index contributed by atoms with van der Waals surface area (Å²) in [4.78, 5) is 0. The molecule has 1 N–H and O–H groups in total. The van der Waals surface area contributed by atoms with Crippen LogP contribution in [0.2, 0.25) is 0 Å². The third kappa shape index (κ3) is 3.17. The van der Waals surface area contributed by atoms with E-state index in [1.807, 2.05) is 25.2 Å². The van der Waals surface area contributed by atoms with Crippen LogP contribution in [-0.4, -0.2) is 13.6 Å². The SMILES string of the molecule is CNCC(Cc1ccoc1)c1ccc(F)cc1. The first-order chi connectivity index (χ1) is 8.29. The van der Waals surface area contributed by atoms with Gasteiger partial charge in [0.1, 0.15) is 5.82 Å². The Morgan fingerprint density at radius 1 is 1.24 bits per heavy atom. The van der Waals surface area contributed by atoms with E-state index in [1.165, 1.54) is 12.1 Å². The third-order valence-electron chi connectivity index (χ3n) is 2.85. The van der Waals surface area contributed by atoms with E-state index in [9.17, 15) is 4.39 Å². The predicted molar refractivity (Wildman–Crippen MR) is 65.5 cm³/mol. The van der Waals surface area contributed by atoms with Crippen LogP contribution in [0.5, 0.6) is 0 Å². The molecular formula is C14H16FNO. The van der Waals surface area contributed by atoms with Crippen molar-refractivity contribution in [2.75, 3.05) is 13.6 Å². The standard InChI is InChI=1S/C14H16FNO/c1-16-9-13(8-11-6-7-17-10-11)12-2-4-14(15)5-3-12/h2-7,10,13,16H,8-9H2,1H3. The van der Waals surface area contributed by atoms with Gasteiger partial charge in [-0.25, -0.2) is 4.39 Å². The summed E-state index contributed by atoms with van der Waals surface area (Å²) in [6, 6.07) is 8.67. The number of hydrogen-bond donors (Lipinski definition) is 1. The Balaban J connectivity index is 2.13. The van der Waals surface area contributed by atoms with Gasteiger partial charge in [-0.15, -0.1) is 0 Å². The third-order valence-corrected chi connectivity index (χ3v) is 2.85. The quantitative estimate of drug-likeness (QED) is 0.859. The molecule has 1 unspecified atom stereocenters. The molecular weight excluding hydrogens is 217 g/mol. The molecule has 17 heavy (non-hydrogen) atoms. The zero-order valence-corrected chi connectivity index (χ0v) is 9.82. The molecule has 0 amide bonds. The Kier molecular flexibility index (Phi) is 3.94. The Morgan fingerprint density at radius 2 is 2.00 bits per heavy atom. The fourth-order valence-corrected chi connectivity index (χ4v) is 1.98. The number of furan rings is 1. The lowest BCUT2D eigenvalue weighted by molar-refractivity contribution is 0.557. The largest absolute Gasteiger partial charge is 0.472 e. The maximum Gasteiger partial charge on any atom is 0.123 e. The topological polar surface area (TPSA) is 25.2 Å². The second-order valence-corrected chi connectivity index (χ2v) is 4.14. The van der Waals surface area contributed by atoms with Gasteiger partial charge in [-0.1, -0.05) is 12.1 Å². The fraction of sp³-hybridized carbons (Fsp3) is 0.286. The van der Waals surface area contributed by atoms with Crippen molar-refractivity contribution in [3.8, 4) is 0 Å². The number of halogens is 1. The van der Waals surface area contributed by atoms with Crippen LogP contribution in [0.3, 0.4) is 0 Å². The molecule has 0 saturated carbocycles. The van der Waals surface area contributed by atoms with Crippen LogP contribution in [0.15, 0.2) is 47.3 Å². The van der Waals surface area contributed by atoms with Gasteiger partial charge in [0.15, 0.2) is 0 Å². The maximum absolute atomic E-state index is 12.9. The van der Waals surface area contributed by atoms with E-state index in [4.69, 9.17) is 4.42 Å². The van der Waals surface area contributed by atoms with Gasteiger partial charge in [-0.05, 0) is 42.8 Å². The molecule has 0 fully saturated rings. The molecule has 0 spiro atoms. The van der Waals surface area contributed by atoms with Gasteiger partial charge >= 0.3 is 0 Å². The van der Waals surface area contributed by atoms with Crippen LogP contribution < -0.4 is 5.32 Å². The highest BCUT2D eigenvalue weighted by Gasteiger charge is 2.12. The summed E-state index contributed by atoms with van der Waals surface area (Å²) >= 11 is 0. The van der Waals surface area contributed by atoms with Crippen LogP contribution >= 0.6 is 0 Å². The molecule has 0 saturated heterocycles. The lowest BCUT2D eigenvalue weighted by atomic mass is 9.93. The van der Waals surface area contributed by atoms with Crippen LogP contribution in [-0.2, 0) is 6.42 Å². The minimum Gasteiger partial charge on any atom is -0.472 e. The maximum atomic E-state index is 12.9. The van der Waals surface area contributed by atoms with Crippen molar-refractivity contribution in [2.24, 2.45) is 0 Å². The molecule has 3 heteroatoms. The average Bonchev–Trinajstić information content (AvgIpc) is 2.82. The Morgan fingerprint density at radius 3 is 2.59 bits per heavy atom. The van der Waals surface area contributed by atoms with E-state index < -0.39 is 0 Å². The van der Waals surface area contributed by atoms with E-state index in [-0.39, 0.29) is 5.82 Å². The molecule has 0 radical (unpaired) electrons. The van der Waals surface area contributed by atoms with Gasteiger partial charge in [-0.2, -0.15) is 0 Å². The van der Waals surface area contributed by atoms with Crippen molar-refractivity contribution in [2.45, 2.75) is 12.3 Å². The fourth-order valence-electron chi connectivity index (χ4n) is 1.98. The summed E-state index contributed by atoms with van der Waals surface area (Å²) in [6.07, 6.45) is 4.32. The monoisotopic (exact) mass is 233 g/mol. The summed E-state index contributed by atoms with van der Waals surface area (Å²) in [5.41, 5.74) is 2.30. The van der Waals surface area contributed by atoms with Crippen molar-refractivity contribution in [3.63, 3.8) is 0 Å². The van der Waals surface area contributed by atoms with Gasteiger partial charge in [0.05, 0.1) is 12.5 Å². The normalized spacial score (nSPS) is 12.6. The molecule has 1 atom stereocenters. The molecule has 2 rings (SSSR count). The minimum atomic E-state index is -0.194. The Labute approximate surface area is 100 Å². The smallest absolute Gasteiger partial charge is 0.123 e. The van der Waals surface area contributed by atoms with Crippen molar-refractivity contribution in [1.82, 2.24) is 5.32 Å². The number of rotatable bonds is 5. The van der Waals surface area contributed by atoms with Gasteiger partial charge in [0.2, 0.25) is 0 Å². The van der Waals surface area contributed by atoms with Crippen molar-refractivity contribution >= 4 is 0 Å². The summed E-state index contributed by atoms with van der Waals surface area (Å²) in [6.45, 7) is 0.858. The molecule has 0 aliphatic heterocycles. The second-order valence-electron chi connectivity index (χ2n) is 4.14. The summed E-state index contributed by atoms with van der Waals surface area (Å²) in [5, 5.41) is 3.17. The van der Waals surface area contributed by atoms with E-state index in [0.29, 0.717) is 5.92 Å². The molecule has 1 aromatic heterocycles. The van der Waals surface area contributed by atoms with Crippen molar-refractivity contribution in [3.05, 3.63) is 59.8 Å². The predicted octanol–water partition coefficient (Wildman–Crippen LogP) is 2.96. The highest BCUT2D eigenvalue weighted by atomic mass is 19.1. The molecule has 1 heterocycles. The molecule has 0 bridgehead atoms. The van der Waals surface area contributed by atoms with Crippen LogP contribution in [0.25, 0.3) is 0 Å². The molecule has 90 valence electrons. The van der Waals surface area contributed by atoms with Crippen LogP contribution in [0, 0.1) is 5.82 Å². The van der Waals surface area contributed by atoms with Crippen LogP contribution in [0.1, 0.15) is 17.0 Å². The summed E-state index contributed by atoms with van der Waals surface area (Å²) in [5.74, 6) is 0.137. The molecule has 2 aromatic rings.